The summed E-state index contributed by atoms with van der Waals surface area (Å²) in [6.07, 6.45) is 2.57. The van der Waals surface area contributed by atoms with Gasteiger partial charge < -0.3 is 14.6 Å². The van der Waals surface area contributed by atoms with Crippen molar-refractivity contribution in [3.8, 4) is 0 Å². The molecule has 1 N–H and O–H groups in total. The first-order valence-corrected chi connectivity index (χ1v) is 18.8. The second-order valence-corrected chi connectivity index (χ2v) is 17.2. The van der Waals surface area contributed by atoms with Crippen LogP contribution in [-0.2, 0) is 49.4 Å². The summed E-state index contributed by atoms with van der Waals surface area (Å²) in [6.45, 7) is 11.2. The van der Waals surface area contributed by atoms with E-state index < -0.39 is 39.1 Å². The van der Waals surface area contributed by atoms with Gasteiger partial charge in [-0.1, -0.05) is 87.5 Å². The van der Waals surface area contributed by atoms with Crippen LogP contribution in [0.2, 0.25) is 0 Å². The van der Waals surface area contributed by atoms with E-state index in [1.54, 1.807) is 65.8 Å². The van der Waals surface area contributed by atoms with Gasteiger partial charge >= 0.3 is 12.1 Å². The van der Waals surface area contributed by atoms with Gasteiger partial charge in [-0.25, -0.2) is 32.9 Å². The van der Waals surface area contributed by atoms with Crippen LogP contribution in [0.5, 0.6) is 0 Å². The first-order valence-electron chi connectivity index (χ1n) is 17.3. The Morgan fingerprint density at radius 1 is 0.846 bits per heavy atom. The fourth-order valence-corrected chi connectivity index (χ4v) is 7.34. The van der Waals surface area contributed by atoms with Gasteiger partial charge in [-0.2, -0.15) is 4.31 Å². The zero-order valence-electron chi connectivity index (χ0n) is 30.7. The Labute approximate surface area is 306 Å². The molecule has 0 bridgehead atoms. The molecule has 2 heterocycles. The lowest BCUT2D eigenvalue weighted by molar-refractivity contribution is -0.141. The molecule has 1 atom stereocenters. The molecule has 1 unspecified atom stereocenters. The monoisotopic (exact) mass is 728 g/mol. The summed E-state index contributed by atoms with van der Waals surface area (Å²) in [4.78, 5) is 36.0. The van der Waals surface area contributed by atoms with Crippen LogP contribution in [0.15, 0.2) is 102 Å². The van der Waals surface area contributed by atoms with Crippen molar-refractivity contribution < 1.29 is 32.6 Å². The maximum atomic E-state index is 14.1. The van der Waals surface area contributed by atoms with Gasteiger partial charge in [0.1, 0.15) is 17.5 Å². The molecule has 1 fully saturated rings. The van der Waals surface area contributed by atoms with Crippen LogP contribution in [0, 0.1) is 5.41 Å². The minimum atomic E-state index is -4.13. The van der Waals surface area contributed by atoms with Crippen LogP contribution in [-0.4, -0.2) is 58.1 Å². The molecular formula is C40H48N4O7S. The van der Waals surface area contributed by atoms with Crippen LogP contribution in [0.25, 0.3) is 0 Å². The number of hydrogen-bond acceptors (Lipinski definition) is 8. The van der Waals surface area contributed by atoms with Crippen LogP contribution < -0.4 is 4.90 Å². The predicted molar refractivity (Wildman–Crippen MR) is 198 cm³/mol. The number of aromatic nitrogens is 2. The van der Waals surface area contributed by atoms with Gasteiger partial charge in [0.05, 0.1) is 25.5 Å². The molecule has 1 amide bonds. The number of pyridine rings is 2. The predicted octanol–water partition coefficient (Wildman–Crippen LogP) is 7.36. The molecule has 0 spiro atoms. The smallest absolute Gasteiger partial charge is 0.416 e. The van der Waals surface area contributed by atoms with Crippen LogP contribution in [0.3, 0.4) is 0 Å². The number of ether oxygens (including phenoxy) is 2. The van der Waals surface area contributed by atoms with Gasteiger partial charge in [-0.05, 0) is 80.0 Å². The lowest BCUT2D eigenvalue weighted by Gasteiger charge is -2.37. The molecule has 0 radical (unpaired) electrons. The Hall–Kier alpha value is -4.65. The maximum Gasteiger partial charge on any atom is 0.416 e. The highest BCUT2D eigenvalue weighted by Gasteiger charge is 2.45. The minimum Gasteiger partial charge on any atom is -0.480 e. The summed E-state index contributed by atoms with van der Waals surface area (Å²) in [5.74, 6) is -1.21. The number of carboxylic acid groups (broad SMARTS) is 1. The fourth-order valence-electron chi connectivity index (χ4n) is 6.01. The van der Waals surface area contributed by atoms with Crippen LogP contribution >= 0.6 is 0 Å². The van der Waals surface area contributed by atoms with E-state index in [1.807, 2.05) is 54.6 Å². The number of benzene rings is 2. The quantitative estimate of drug-likeness (QED) is 0.141. The summed E-state index contributed by atoms with van der Waals surface area (Å²) in [6, 6.07) is 26.1. The molecule has 1 aliphatic carbocycles. The highest BCUT2D eigenvalue weighted by atomic mass is 32.2. The molecule has 2 aromatic heterocycles. The average Bonchev–Trinajstić information content (AvgIpc) is 3.87. The van der Waals surface area contributed by atoms with E-state index in [9.17, 15) is 23.1 Å². The van der Waals surface area contributed by atoms with Gasteiger partial charge in [0.25, 0.3) is 10.0 Å². The van der Waals surface area contributed by atoms with Crippen molar-refractivity contribution in [1.82, 2.24) is 14.3 Å². The molecule has 11 nitrogen and oxygen atoms in total. The third-order valence-electron chi connectivity index (χ3n) is 8.79. The van der Waals surface area contributed by atoms with Crippen molar-refractivity contribution in [3.05, 3.63) is 120 Å². The van der Waals surface area contributed by atoms with E-state index in [4.69, 9.17) is 9.47 Å². The summed E-state index contributed by atoms with van der Waals surface area (Å²) in [7, 11) is -4.13. The Morgan fingerprint density at radius 3 is 2.10 bits per heavy atom. The summed E-state index contributed by atoms with van der Waals surface area (Å²) in [5, 5.41) is 10.2. The van der Waals surface area contributed by atoms with E-state index >= 15 is 0 Å². The summed E-state index contributed by atoms with van der Waals surface area (Å²) >= 11 is 0. The molecule has 4 aromatic rings. The molecular weight excluding hydrogens is 681 g/mol. The molecule has 1 saturated carbocycles. The van der Waals surface area contributed by atoms with Crippen LogP contribution in [0.4, 0.5) is 10.6 Å². The highest BCUT2D eigenvalue weighted by molar-refractivity contribution is 7.89. The SMILES string of the molecule is CC(C)(C)OC(=O)N(c1cccc(CN(Cc2ccc(C3(COCc4ccccc4)CC3)cc2)S(=O)(=O)c2ccccn2)n1)C(C(=O)O)C(C)(C)C. The standard InChI is InChI=1S/C40H48N4O7S/c1-38(2,3)35(36(45)46)44(37(47)51-39(4,5)6)33-16-12-15-32(42-33)26-43(52(48,49)34-17-10-11-24-41-34)25-29-18-20-31(21-19-29)40(22-23-40)28-50-27-30-13-8-7-9-14-30/h7-21,24,35H,22-23,25-28H2,1-6H3,(H,45,46). The number of nitrogens with zero attached hydrogens (tertiary/aromatic N) is 4. The van der Waals surface area contributed by atoms with Crippen LogP contribution in [0.1, 0.15) is 76.8 Å². The third kappa shape index (κ3) is 9.61. The normalized spacial score (nSPS) is 14.8. The lowest BCUT2D eigenvalue weighted by atomic mass is 9.85. The minimum absolute atomic E-state index is 0.0120. The maximum absolute atomic E-state index is 14.1. The highest BCUT2D eigenvalue weighted by Crippen LogP contribution is 2.48. The lowest BCUT2D eigenvalue weighted by Crippen LogP contribution is -2.54. The van der Waals surface area contributed by atoms with Gasteiger partial charge in [0, 0.05) is 18.2 Å². The Morgan fingerprint density at radius 2 is 1.52 bits per heavy atom. The molecule has 0 saturated heterocycles. The summed E-state index contributed by atoms with van der Waals surface area (Å²) in [5.41, 5.74) is 1.45. The van der Waals surface area contributed by atoms with E-state index in [0.717, 1.165) is 34.4 Å². The van der Waals surface area contributed by atoms with Crippen molar-refractivity contribution in [2.24, 2.45) is 5.41 Å². The fraction of sp³-hybridized carbons (Fsp3) is 0.400. The number of aliphatic carboxylic acids is 1. The Kier molecular flexibility index (Phi) is 11.5. The van der Waals surface area contributed by atoms with E-state index in [1.165, 1.54) is 22.6 Å². The summed E-state index contributed by atoms with van der Waals surface area (Å²) < 4.78 is 41.2. The van der Waals surface area contributed by atoms with Crippen molar-refractivity contribution in [2.75, 3.05) is 11.5 Å². The zero-order chi connectivity index (χ0) is 37.7. The number of hydrogen-bond donors (Lipinski definition) is 1. The molecule has 276 valence electrons. The topological polar surface area (TPSA) is 139 Å². The second-order valence-electron chi connectivity index (χ2n) is 15.3. The molecule has 12 heteroatoms. The number of carboxylic acids is 1. The molecule has 0 aliphatic heterocycles. The molecule has 2 aromatic carbocycles. The molecule has 1 aliphatic rings. The van der Waals surface area contributed by atoms with Gasteiger partial charge in [0.2, 0.25) is 0 Å². The second kappa shape index (κ2) is 15.5. The van der Waals surface area contributed by atoms with Gasteiger partial charge in [0.15, 0.2) is 5.03 Å². The van der Waals surface area contributed by atoms with Crippen molar-refractivity contribution in [2.45, 2.75) is 96.2 Å². The third-order valence-corrected chi connectivity index (χ3v) is 10.5. The number of amides is 1. The number of anilines is 1. The zero-order valence-corrected chi connectivity index (χ0v) is 31.5. The first kappa shape index (κ1) is 38.6. The number of sulfonamides is 1. The van der Waals surface area contributed by atoms with Crippen molar-refractivity contribution in [1.29, 1.82) is 0 Å². The van der Waals surface area contributed by atoms with Crippen molar-refractivity contribution in [3.63, 3.8) is 0 Å². The number of rotatable bonds is 14. The number of carbonyl (C=O) groups excluding carboxylic acids is 1. The molecule has 52 heavy (non-hydrogen) atoms. The van der Waals surface area contributed by atoms with Gasteiger partial charge in [-0.15, -0.1) is 0 Å². The number of carbonyl (C=O) groups is 2. The van der Waals surface area contributed by atoms with E-state index in [0.29, 0.717) is 18.9 Å². The van der Waals surface area contributed by atoms with E-state index in [2.05, 4.69) is 9.97 Å². The van der Waals surface area contributed by atoms with Crippen molar-refractivity contribution >= 4 is 27.9 Å². The van der Waals surface area contributed by atoms with Gasteiger partial charge in [-0.3, -0.25) is 0 Å². The average molecular weight is 729 g/mol. The Balaban J connectivity index is 1.42. The largest absolute Gasteiger partial charge is 0.480 e. The first-order chi connectivity index (χ1) is 24.5. The Bertz CT molecular complexity index is 1940. The van der Waals surface area contributed by atoms with E-state index in [-0.39, 0.29) is 29.3 Å². The molecule has 5 rings (SSSR count).